The minimum atomic E-state index is 0.630. The number of allylic oxidation sites excluding steroid dienone is 8. The maximum absolute atomic E-state index is 3.37. The van der Waals surface area contributed by atoms with Crippen LogP contribution in [0.2, 0.25) is 0 Å². The first-order valence-electron chi connectivity index (χ1n) is 4.97. The SMILES string of the molecule is [C]1C=C2C=CCCC2C2C=CC=C12. The van der Waals surface area contributed by atoms with E-state index in [2.05, 4.69) is 42.9 Å². The molecule has 64 valence electrons. The van der Waals surface area contributed by atoms with Crippen molar-refractivity contribution >= 4 is 0 Å². The molecular weight excluding hydrogens is 156 g/mol. The Labute approximate surface area is 79.3 Å². The summed E-state index contributed by atoms with van der Waals surface area (Å²) in [7, 11) is 0. The molecular formula is C13H12. The Balaban J connectivity index is 2.02. The highest BCUT2D eigenvalue weighted by Gasteiger charge is 2.30. The van der Waals surface area contributed by atoms with Gasteiger partial charge in [-0.15, -0.1) is 0 Å². The average molecular weight is 168 g/mol. The van der Waals surface area contributed by atoms with Gasteiger partial charge in [0.1, 0.15) is 0 Å². The molecule has 0 aromatic heterocycles. The van der Waals surface area contributed by atoms with Gasteiger partial charge in [-0.3, -0.25) is 0 Å². The van der Waals surface area contributed by atoms with E-state index >= 15 is 0 Å². The number of rotatable bonds is 0. The third kappa shape index (κ3) is 1.05. The number of hydrogen-bond acceptors (Lipinski definition) is 0. The van der Waals surface area contributed by atoms with Crippen LogP contribution < -0.4 is 0 Å². The summed E-state index contributed by atoms with van der Waals surface area (Å²) >= 11 is 0. The van der Waals surface area contributed by atoms with E-state index in [0.29, 0.717) is 5.92 Å². The van der Waals surface area contributed by atoms with Crippen LogP contribution in [-0.4, -0.2) is 0 Å². The lowest BCUT2D eigenvalue weighted by atomic mass is 9.72. The summed E-state index contributed by atoms with van der Waals surface area (Å²) in [6.45, 7) is 0. The Hall–Kier alpha value is -1.04. The molecule has 0 nitrogen and oxygen atoms in total. The number of fused-ring (bicyclic) bond motifs is 3. The summed E-state index contributed by atoms with van der Waals surface area (Å²) in [5.41, 5.74) is 2.85. The fraction of sp³-hybridized carbons (Fsp3) is 0.308. The van der Waals surface area contributed by atoms with Crippen molar-refractivity contribution in [2.45, 2.75) is 12.8 Å². The van der Waals surface area contributed by atoms with E-state index in [1.165, 1.54) is 24.0 Å². The first-order chi connectivity index (χ1) is 6.45. The topological polar surface area (TPSA) is 0 Å². The zero-order valence-corrected chi connectivity index (χ0v) is 7.53. The second-order valence-electron chi connectivity index (χ2n) is 3.91. The van der Waals surface area contributed by atoms with Gasteiger partial charge in [-0.05, 0) is 24.3 Å². The molecule has 2 unspecified atom stereocenters. The van der Waals surface area contributed by atoms with Crippen LogP contribution in [0.3, 0.4) is 0 Å². The van der Waals surface area contributed by atoms with E-state index in [-0.39, 0.29) is 0 Å². The monoisotopic (exact) mass is 168 g/mol. The fourth-order valence-electron chi connectivity index (χ4n) is 2.48. The van der Waals surface area contributed by atoms with Gasteiger partial charge in [0.05, 0.1) is 0 Å². The van der Waals surface area contributed by atoms with Crippen LogP contribution in [0, 0.1) is 18.3 Å². The first kappa shape index (κ1) is 7.37. The van der Waals surface area contributed by atoms with Crippen molar-refractivity contribution in [3.05, 3.63) is 54.0 Å². The molecule has 3 rings (SSSR count). The van der Waals surface area contributed by atoms with Crippen LogP contribution in [-0.2, 0) is 0 Å². The van der Waals surface area contributed by atoms with E-state index < -0.39 is 0 Å². The van der Waals surface area contributed by atoms with Crippen LogP contribution in [0.15, 0.2) is 47.6 Å². The summed E-state index contributed by atoms with van der Waals surface area (Å²) in [6.07, 6.45) is 19.3. The highest BCUT2D eigenvalue weighted by molar-refractivity contribution is 5.46. The van der Waals surface area contributed by atoms with Crippen LogP contribution in [0.5, 0.6) is 0 Å². The van der Waals surface area contributed by atoms with E-state index in [1.54, 1.807) is 0 Å². The van der Waals surface area contributed by atoms with Crippen molar-refractivity contribution in [3.8, 4) is 0 Å². The third-order valence-electron chi connectivity index (χ3n) is 3.18. The molecule has 0 amide bonds. The number of hydrogen-bond donors (Lipinski definition) is 0. The molecule has 0 saturated carbocycles. The average Bonchev–Trinajstić information content (AvgIpc) is 2.65. The van der Waals surface area contributed by atoms with Gasteiger partial charge < -0.3 is 0 Å². The van der Waals surface area contributed by atoms with Crippen molar-refractivity contribution in [1.29, 1.82) is 0 Å². The van der Waals surface area contributed by atoms with Crippen molar-refractivity contribution in [3.63, 3.8) is 0 Å². The molecule has 0 aromatic rings. The normalized spacial score (nSPS) is 35.1. The van der Waals surface area contributed by atoms with Gasteiger partial charge in [0.2, 0.25) is 0 Å². The lowest BCUT2D eigenvalue weighted by Gasteiger charge is -2.31. The Bertz CT molecular complexity index is 339. The van der Waals surface area contributed by atoms with Gasteiger partial charge in [0.25, 0.3) is 0 Å². The minimum absolute atomic E-state index is 0.630. The molecule has 3 aliphatic rings. The van der Waals surface area contributed by atoms with Crippen molar-refractivity contribution in [2.24, 2.45) is 11.8 Å². The summed E-state index contributed by atoms with van der Waals surface area (Å²) in [5.74, 6) is 1.36. The van der Waals surface area contributed by atoms with Crippen LogP contribution >= 0.6 is 0 Å². The van der Waals surface area contributed by atoms with E-state index in [0.717, 1.165) is 5.92 Å². The van der Waals surface area contributed by atoms with E-state index in [9.17, 15) is 0 Å². The van der Waals surface area contributed by atoms with Crippen LogP contribution in [0.1, 0.15) is 12.8 Å². The molecule has 0 aliphatic heterocycles. The van der Waals surface area contributed by atoms with Crippen LogP contribution in [0.4, 0.5) is 0 Å². The second kappa shape index (κ2) is 2.73. The molecule has 0 saturated heterocycles. The molecule has 0 bridgehead atoms. The first-order valence-corrected chi connectivity index (χ1v) is 4.97. The predicted octanol–water partition coefficient (Wildman–Crippen LogP) is 3.09. The Morgan fingerprint density at radius 3 is 3.38 bits per heavy atom. The standard InChI is InChI=1S/C13H12/c1-2-6-12-10(4-1)8-9-11-5-3-7-13(11)12/h1,3-5,7-8,12-13H,2,6H2. The van der Waals surface area contributed by atoms with Gasteiger partial charge in [-0.2, -0.15) is 0 Å². The lowest BCUT2D eigenvalue weighted by molar-refractivity contribution is 0.470. The molecule has 2 atom stereocenters. The molecule has 0 aromatic carbocycles. The minimum Gasteiger partial charge on any atom is -0.0842 e. The predicted molar refractivity (Wildman–Crippen MR) is 53.9 cm³/mol. The second-order valence-corrected chi connectivity index (χ2v) is 3.91. The fourth-order valence-corrected chi connectivity index (χ4v) is 2.48. The molecule has 0 spiro atoms. The van der Waals surface area contributed by atoms with E-state index in [4.69, 9.17) is 0 Å². The highest BCUT2D eigenvalue weighted by atomic mass is 14.3. The zero-order chi connectivity index (χ0) is 8.67. The summed E-state index contributed by atoms with van der Waals surface area (Å²) in [5, 5.41) is 0. The molecule has 3 aliphatic carbocycles. The molecule has 0 N–H and O–H groups in total. The smallest absolute Gasteiger partial charge is 0.0387 e. The lowest BCUT2D eigenvalue weighted by Crippen LogP contribution is -2.21. The van der Waals surface area contributed by atoms with E-state index in [1.807, 2.05) is 0 Å². The largest absolute Gasteiger partial charge is 0.0842 e. The van der Waals surface area contributed by atoms with Gasteiger partial charge in [0.15, 0.2) is 0 Å². The Morgan fingerprint density at radius 2 is 2.38 bits per heavy atom. The molecule has 2 radical (unpaired) electrons. The summed E-state index contributed by atoms with van der Waals surface area (Å²) in [4.78, 5) is 0. The van der Waals surface area contributed by atoms with Crippen molar-refractivity contribution in [2.75, 3.05) is 0 Å². The maximum Gasteiger partial charge on any atom is 0.0387 e. The Kier molecular flexibility index (Phi) is 1.55. The molecule has 13 heavy (non-hydrogen) atoms. The zero-order valence-electron chi connectivity index (χ0n) is 7.53. The van der Waals surface area contributed by atoms with Crippen molar-refractivity contribution < 1.29 is 0 Å². The van der Waals surface area contributed by atoms with Gasteiger partial charge in [-0.1, -0.05) is 42.0 Å². The van der Waals surface area contributed by atoms with Gasteiger partial charge in [0, 0.05) is 12.3 Å². The van der Waals surface area contributed by atoms with Crippen LogP contribution in [0.25, 0.3) is 0 Å². The summed E-state index contributed by atoms with van der Waals surface area (Å²) < 4.78 is 0. The molecule has 0 heteroatoms. The maximum atomic E-state index is 3.37. The molecule has 0 fully saturated rings. The highest BCUT2D eigenvalue weighted by Crippen LogP contribution is 2.42. The van der Waals surface area contributed by atoms with Crippen molar-refractivity contribution in [1.82, 2.24) is 0 Å². The third-order valence-corrected chi connectivity index (χ3v) is 3.18. The van der Waals surface area contributed by atoms with Gasteiger partial charge >= 0.3 is 0 Å². The quantitative estimate of drug-likeness (QED) is 0.521. The molecule has 0 heterocycles. The van der Waals surface area contributed by atoms with Gasteiger partial charge in [-0.25, -0.2) is 0 Å². The Morgan fingerprint density at radius 1 is 1.38 bits per heavy atom. The summed E-state index contributed by atoms with van der Waals surface area (Å²) in [6, 6.07) is 0.